The third-order valence-electron chi connectivity index (χ3n) is 5.54. The summed E-state index contributed by atoms with van der Waals surface area (Å²) in [5, 5.41) is 7.51. The number of oxime groups is 2. The number of nitrogens with two attached hydrogens (primary N) is 2. The molecule has 14 heteroatoms. The Morgan fingerprint density at radius 1 is 0.905 bits per heavy atom. The molecular weight excluding hydrogens is 552 g/mol. The van der Waals surface area contributed by atoms with Gasteiger partial charge in [-0.1, -0.05) is 40.6 Å². The molecule has 0 spiro atoms. The Balaban J connectivity index is 1.88. The van der Waals surface area contributed by atoms with Gasteiger partial charge < -0.3 is 34.8 Å². The average Bonchev–Trinajstić information content (AvgIpc) is 2.96. The van der Waals surface area contributed by atoms with Crippen molar-refractivity contribution in [3.63, 3.8) is 0 Å². The van der Waals surface area contributed by atoms with E-state index in [0.29, 0.717) is 28.7 Å². The minimum Gasteiger partial charge on any atom is -0.492 e. The van der Waals surface area contributed by atoms with E-state index >= 15 is 0 Å². The smallest absolute Gasteiger partial charge is 0.492 e. The van der Waals surface area contributed by atoms with Crippen LogP contribution in [0.1, 0.15) is 37.0 Å². The molecule has 224 valence electrons. The van der Waals surface area contributed by atoms with Crippen LogP contribution in [0.15, 0.2) is 62.0 Å². The molecule has 3 rings (SSSR count). The van der Waals surface area contributed by atoms with E-state index in [2.05, 4.69) is 29.5 Å². The van der Waals surface area contributed by atoms with Crippen molar-refractivity contribution in [2.75, 3.05) is 26.4 Å². The standard InChI is InChI=1S/C28H32N4O10/c1-4-36-27(34)41-31-23(29)11-12-38-21-14-19(39-16-24(30)32-42-28(35)37-5-2)15-22-25(21)17(3)20(26(33)40-22)13-18-9-7-6-8-10-18/h6-10,14-15H,4-5,11-13,16H2,1-3H3,(H2,29,31)(H2,30,32). The van der Waals surface area contributed by atoms with Crippen LogP contribution in [0.4, 0.5) is 9.59 Å². The van der Waals surface area contributed by atoms with Crippen molar-refractivity contribution in [1.82, 2.24) is 0 Å². The summed E-state index contributed by atoms with van der Waals surface area (Å²) in [6.45, 7) is 5.01. The van der Waals surface area contributed by atoms with E-state index in [1.54, 1.807) is 26.8 Å². The average molecular weight is 585 g/mol. The van der Waals surface area contributed by atoms with E-state index in [9.17, 15) is 14.4 Å². The number of hydrogen-bond acceptors (Lipinski definition) is 12. The summed E-state index contributed by atoms with van der Waals surface area (Å²) in [7, 11) is 0. The molecular formula is C28H32N4O10. The highest BCUT2D eigenvalue weighted by atomic mass is 16.8. The zero-order valence-electron chi connectivity index (χ0n) is 23.4. The van der Waals surface area contributed by atoms with Crippen molar-refractivity contribution in [3.05, 3.63) is 69.6 Å². The zero-order chi connectivity index (χ0) is 30.5. The van der Waals surface area contributed by atoms with Crippen LogP contribution in [0.5, 0.6) is 11.5 Å². The number of nitrogens with zero attached hydrogens (tertiary/aromatic N) is 2. The van der Waals surface area contributed by atoms with Gasteiger partial charge >= 0.3 is 17.9 Å². The molecule has 0 saturated carbocycles. The van der Waals surface area contributed by atoms with E-state index in [4.69, 9.17) is 25.4 Å². The summed E-state index contributed by atoms with van der Waals surface area (Å²) < 4.78 is 26.6. The van der Waals surface area contributed by atoms with Gasteiger partial charge in [0, 0.05) is 30.5 Å². The van der Waals surface area contributed by atoms with Gasteiger partial charge in [0.2, 0.25) is 0 Å². The number of amidine groups is 2. The number of fused-ring (bicyclic) bond motifs is 1. The molecule has 0 atom stereocenters. The molecule has 42 heavy (non-hydrogen) atoms. The summed E-state index contributed by atoms with van der Waals surface area (Å²) in [5.41, 5.74) is 13.3. The lowest BCUT2D eigenvalue weighted by molar-refractivity contribution is 0.0599. The molecule has 0 aliphatic carbocycles. The second-order valence-corrected chi connectivity index (χ2v) is 8.55. The van der Waals surface area contributed by atoms with Crippen molar-refractivity contribution in [3.8, 4) is 11.5 Å². The van der Waals surface area contributed by atoms with Crippen molar-refractivity contribution in [2.45, 2.75) is 33.6 Å². The summed E-state index contributed by atoms with van der Waals surface area (Å²) in [4.78, 5) is 44.7. The van der Waals surface area contributed by atoms with Crippen LogP contribution in [0.25, 0.3) is 11.0 Å². The molecule has 0 amide bonds. The summed E-state index contributed by atoms with van der Waals surface area (Å²) >= 11 is 0. The minimum absolute atomic E-state index is 0.0154. The van der Waals surface area contributed by atoms with Crippen LogP contribution >= 0.6 is 0 Å². The fourth-order valence-corrected chi connectivity index (χ4v) is 3.66. The van der Waals surface area contributed by atoms with Crippen LogP contribution in [0.2, 0.25) is 0 Å². The molecule has 0 unspecified atom stereocenters. The molecule has 0 radical (unpaired) electrons. The normalized spacial score (nSPS) is 11.6. The van der Waals surface area contributed by atoms with Crippen molar-refractivity contribution < 1.29 is 42.6 Å². The Labute approximate surface area is 240 Å². The van der Waals surface area contributed by atoms with Crippen LogP contribution in [0.3, 0.4) is 0 Å². The fourth-order valence-electron chi connectivity index (χ4n) is 3.66. The highest BCUT2D eigenvalue weighted by Gasteiger charge is 2.18. The first kappa shape index (κ1) is 31.3. The Bertz CT molecular complexity index is 1500. The van der Waals surface area contributed by atoms with Crippen LogP contribution in [-0.2, 0) is 25.6 Å². The van der Waals surface area contributed by atoms with Gasteiger partial charge in [-0.3, -0.25) is 9.68 Å². The molecule has 4 N–H and O–H groups in total. The van der Waals surface area contributed by atoms with E-state index in [-0.39, 0.29) is 55.9 Å². The van der Waals surface area contributed by atoms with Crippen LogP contribution in [0, 0.1) is 6.92 Å². The first-order valence-electron chi connectivity index (χ1n) is 12.9. The van der Waals surface area contributed by atoms with Gasteiger partial charge in [0.25, 0.3) is 0 Å². The third kappa shape index (κ3) is 9.15. The van der Waals surface area contributed by atoms with Gasteiger partial charge in [-0.25, -0.2) is 14.4 Å². The highest BCUT2D eigenvalue weighted by molar-refractivity contribution is 5.89. The number of carbonyl (C=O) groups excluding carboxylic acids is 2. The lowest BCUT2D eigenvalue weighted by atomic mass is 9.99. The molecule has 0 aliphatic rings. The maximum Gasteiger partial charge on any atom is 0.535 e. The molecule has 1 aromatic heterocycles. The van der Waals surface area contributed by atoms with Crippen molar-refractivity contribution >= 4 is 35.0 Å². The zero-order valence-corrected chi connectivity index (χ0v) is 23.4. The van der Waals surface area contributed by atoms with Crippen molar-refractivity contribution in [2.24, 2.45) is 21.8 Å². The highest BCUT2D eigenvalue weighted by Crippen LogP contribution is 2.34. The maximum atomic E-state index is 13.0. The molecule has 1 heterocycles. The summed E-state index contributed by atoms with van der Waals surface area (Å²) in [6, 6.07) is 12.6. The second-order valence-electron chi connectivity index (χ2n) is 8.55. The van der Waals surface area contributed by atoms with Gasteiger partial charge in [0.1, 0.15) is 29.5 Å². The van der Waals surface area contributed by atoms with E-state index < -0.39 is 17.9 Å². The lowest BCUT2D eigenvalue weighted by Crippen LogP contribution is -2.22. The van der Waals surface area contributed by atoms with Gasteiger partial charge in [-0.05, 0) is 31.9 Å². The molecule has 2 aromatic carbocycles. The Kier molecular flexibility index (Phi) is 11.5. The predicted molar refractivity (Wildman–Crippen MR) is 152 cm³/mol. The predicted octanol–water partition coefficient (Wildman–Crippen LogP) is 3.73. The quantitative estimate of drug-likeness (QED) is 0.0738. The molecule has 0 bridgehead atoms. The number of ether oxygens (including phenoxy) is 4. The summed E-state index contributed by atoms with van der Waals surface area (Å²) in [5.74, 6) is 0.360. The maximum absolute atomic E-state index is 13.0. The van der Waals surface area contributed by atoms with Crippen LogP contribution < -0.4 is 26.6 Å². The molecule has 3 aromatic rings. The minimum atomic E-state index is -1.01. The Hall–Kier alpha value is -5.27. The number of aryl methyl sites for hydroxylation is 1. The molecule has 0 aliphatic heterocycles. The molecule has 0 fully saturated rings. The number of rotatable bonds is 13. The number of benzene rings is 2. The van der Waals surface area contributed by atoms with Crippen LogP contribution in [-0.4, -0.2) is 50.4 Å². The van der Waals surface area contributed by atoms with E-state index in [1.165, 1.54) is 6.07 Å². The monoisotopic (exact) mass is 584 g/mol. The Morgan fingerprint density at radius 3 is 2.19 bits per heavy atom. The largest absolute Gasteiger partial charge is 0.535 e. The summed E-state index contributed by atoms with van der Waals surface area (Å²) in [6.07, 6.45) is -1.56. The molecule has 14 nitrogen and oxygen atoms in total. The number of hydrogen-bond donors (Lipinski definition) is 2. The lowest BCUT2D eigenvalue weighted by Gasteiger charge is -2.15. The Morgan fingerprint density at radius 2 is 1.55 bits per heavy atom. The van der Waals surface area contributed by atoms with Gasteiger partial charge in [0.05, 0.1) is 25.2 Å². The SMILES string of the molecule is CCOC(=O)O/N=C(\N)CCOc1cc(OC/C(N)=N/OC(=O)OCC)cc2oc(=O)c(Cc3ccccc3)c(C)c12. The first-order valence-corrected chi connectivity index (χ1v) is 12.9. The van der Waals surface area contributed by atoms with Gasteiger partial charge in [-0.2, -0.15) is 0 Å². The second kappa shape index (κ2) is 15.5. The first-order chi connectivity index (χ1) is 20.2. The van der Waals surface area contributed by atoms with Crippen molar-refractivity contribution in [1.29, 1.82) is 0 Å². The molecule has 0 saturated heterocycles. The number of carbonyl (C=O) groups is 2. The topological polar surface area (TPSA) is 196 Å². The van der Waals surface area contributed by atoms with Gasteiger partial charge in [-0.15, -0.1) is 0 Å². The fraction of sp³-hybridized carbons (Fsp3) is 0.321. The van der Waals surface area contributed by atoms with Gasteiger partial charge in [0.15, 0.2) is 5.84 Å². The third-order valence-corrected chi connectivity index (χ3v) is 5.54. The van der Waals surface area contributed by atoms with E-state index in [1.807, 2.05) is 30.3 Å². The van der Waals surface area contributed by atoms with E-state index in [0.717, 1.165) is 5.56 Å².